The molecule has 0 aliphatic heterocycles. The molecular weight excluding hydrogens is 309 g/mol. The van der Waals surface area contributed by atoms with Crippen LogP contribution in [0.2, 0.25) is 0 Å². The van der Waals surface area contributed by atoms with Crippen molar-refractivity contribution < 1.29 is 13.2 Å². The number of hydrogen-bond acceptors (Lipinski definition) is 1. The number of benzene rings is 2. The van der Waals surface area contributed by atoms with E-state index < -0.39 is 11.7 Å². The fourth-order valence-corrected chi connectivity index (χ4v) is 2.15. The molecule has 0 spiro atoms. The molecule has 0 aromatic heterocycles. The van der Waals surface area contributed by atoms with Crippen LogP contribution in [0.4, 0.5) is 18.9 Å². The molecule has 6 heteroatoms. The Balaban J connectivity index is 2.00. The number of aryl methyl sites for hydroxylation is 1. The molecular formula is C16H15F3N2S. The molecule has 116 valence electrons. The lowest BCUT2D eigenvalue weighted by molar-refractivity contribution is -0.138. The molecule has 2 N–H and O–H groups in total. The first-order valence-electron chi connectivity index (χ1n) is 6.63. The average Bonchev–Trinajstić information content (AvgIpc) is 2.47. The van der Waals surface area contributed by atoms with E-state index in [-0.39, 0.29) is 10.7 Å². The van der Waals surface area contributed by atoms with Gasteiger partial charge in [0.25, 0.3) is 0 Å². The second-order valence-electron chi connectivity index (χ2n) is 4.82. The Hall–Kier alpha value is -2.08. The summed E-state index contributed by atoms with van der Waals surface area (Å²) in [7, 11) is 0. The third-order valence-electron chi connectivity index (χ3n) is 3.10. The molecule has 2 rings (SSSR count). The summed E-state index contributed by atoms with van der Waals surface area (Å²) in [5.74, 6) is 0. The maximum Gasteiger partial charge on any atom is 0.416 e. The number of halogens is 3. The summed E-state index contributed by atoms with van der Waals surface area (Å²) >= 11 is 5.10. The van der Waals surface area contributed by atoms with Crippen molar-refractivity contribution in [1.82, 2.24) is 5.32 Å². The number of anilines is 1. The Morgan fingerprint density at radius 2 is 1.77 bits per heavy atom. The van der Waals surface area contributed by atoms with Gasteiger partial charge in [-0.15, -0.1) is 0 Å². The van der Waals surface area contributed by atoms with Gasteiger partial charge in [0, 0.05) is 12.2 Å². The molecule has 0 unspecified atom stereocenters. The number of alkyl halides is 3. The minimum Gasteiger partial charge on any atom is -0.358 e. The highest BCUT2D eigenvalue weighted by Crippen LogP contribution is 2.33. The van der Waals surface area contributed by atoms with E-state index in [0.29, 0.717) is 12.2 Å². The highest BCUT2D eigenvalue weighted by molar-refractivity contribution is 7.80. The molecule has 0 amide bonds. The Labute approximate surface area is 132 Å². The smallest absolute Gasteiger partial charge is 0.358 e. The van der Waals surface area contributed by atoms with Crippen molar-refractivity contribution in [2.24, 2.45) is 0 Å². The van der Waals surface area contributed by atoms with Gasteiger partial charge in [0.15, 0.2) is 5.11 Å². The zero-order valence-electron chi connectivity index (χ0n) is 11.9. The fraction of sp³-hybridized carbons (Fsp3) is 0.188. The van der Waals surface area contributed by atoms with E-state index in [9.17, 15) is 13.2 Å². The van der Waals surface area contributed by atoms with Gasteiger partial charge in [-0.25, -0.2) is 0 Å². The molecule has 0 heterocycles. The summed E-state index contributed by atoms with van der Waals surface area (Å²) in [6.45, 7) is 1.93. The maximum absolute atomic E-state index is 12.9. The Kier molecular flexibility index (Phi) is 5.03. The first-order chi connectivity index (χ1) is 10.4. The van der Waals surface area contributed by atoms with E-state index in [1.54, 1.807) is 6.07 Å². The predicted octanol–water partition coefficient (Wildman–Crippen LogP) is 4.50. The highest BCUT2D eigenvalue weighted by Gasteiger charge is 2.32. The lowest BCUT2D eigenvalue weighted by Gasteiger charge is -2.14. The van der Waals surface area contributed by atoms with Crippen LogP contribution < -0.4 is 10.6 Å². The van der Waals surface area contributed by atoms with Gasteiger partial charge in [0.1, 0.15) is 0 Å². The molecule has 0 radical (unpaired) electrons. The van der Waals surface area contributed by atoms with Crippen molar-refractivity contribution in [1.29, 1.82) is 0 Å². The first-order valence-corrected chi connectivity index (χ1v) is 7.04. The quantitative estimate of drug-likeness (QED) is 0.813. The van der Waals surface area contributed by atoms with Crippen LogP contribution >= 0.6 is 12.2 Å². The Bertz CT molecular complexity index is 654. The van der Waals surface area contributed by atoms with Crippen LogP contribution in [-0.4, -0.2) is 5.11 Å². The van der Waals surface area contributed by atoms with E-state index in [1.165, 1.54) is 13.0 Å². The Morgan fingerprint density at radius 1 is 1.09 bits per heavy atom. The number of nitrogens with one attached hydrogen (secondary N) is 2. The SMILES string of the molecule is Cc1ccc(NC(=S)NCc2ccccc2)cc1C(F)(F)F. The summed E-state index contributed by atoms with van der Waals surface area (Å²) in [5, 5.41) is 6.01. The van der Waals surface area contributed by atoms with E-state index in [1.807, 2.05) is 30.3 Å². The minimum absolute atomic E-state index is 0.182. The summed E-state index contributed by atoms with van der Waals surface area (Å²) in [4.78, 5) is 0. The van der Waals surface area contributed by atoms with Gasteiger partial charge in [0.2, 0.25) is 0 Å². The van der Waals surface area contributed by atoms with Crippen LogP contribution in [0.3, 0.4) is 0 Å². The van der Waals surface area contributed by atoms with E-state index in [4.69, 9.17) is 12.2 Å². The van der Waals surface area contributed by atoms with Gasteiger partial charge in [-0.05, 0) is 42.4 Å². The summed E-state index contributed by atoms with van der Waals surface area (Å²) in [6, 6.07) is 13.6. The number of thiocarbonyl (C=S) groups is 1. The molecule has 2 aromatic rings. The number of rotatable bonds is 3. The summed E-state index contributed by atoms with van der Waals surface area (Å²) < 4.78 is 38.6. The van der Waals surface area contributed by atoms with Gasteiger partial charge in [-0.3, -0.25) is 0 Å². The van der Waals surface area contributed by atoms with Crippen molar-refractivity contribution in [2.45, 2.75) is 19.6 Å². The van der Waals surface area contributed by atoms with E-state index >= 15 is 0 Å². The van der Waals surface area contributed by atoms with Crippen molar-refractivity contribution in [3.63, 3.8) is 0 Å². The van der Waals surface area contributed by atoms with Gasteiger partial charge in [0.05, 0.1) is 5.56 Å². The molecule has 0 fully saturated rings. The third kappa shape index (κ3) is 4.46. The maximum atomic E-state index is 12.9. The standard InChI is InChI=1S/C16H15F3N2S/c1-11-7-8-13(9-14(11)16(17,18)19)21-15(22)20-10-12-5-3-2-4-6-12/h2-9H,10H2,1H3,(H2,20,21,22). The van der Waals surface area contributed by atoms with Gasteiger partial charge < -0.3 is 10.6 Å². The molecule has 0 saturated heterocycles. The van der Waals surface area contributed by atoms with Gasteiger partial charge in [-0.1, -0.05) is 36.4 Å². The lowest BCUT2D eigenvalue weighted by atomic mass is 10.1. The normalized spacial score (nSPS) is 11.1. The second-order valence-corrected chi connectivity index (χ2v) is 5.23. The van der Waals surface area contributed by atoms with E-state index in [2.05, 4.69) is 10.6 Å². The number of hydrogen-bond donors (Lipinski definition) is 2. The summed E-state index contributed by atoms with van der Waals surface area (Å²) in [5.41, 5.74) is 0.861. The van der Waals surface area contributed by atoms with Crippen LogP contribution in [-0.2, 0) is 12.7 Å². The van der Waals surface area contributed by atoms with Crippen molar-refractivity contribution >= 4 is 23.0 Å². The van der Waals surface area contributed by atoms with Crippen LogP contribution in [0.15, 0.2) is 48.5 Å². The lowest BCUT2D eigenvalue weighted by Crippen LogP contribution is -2.28. The monoisotopic (exact) mass is 324 g/mol. The topological polar surface area (TPSA) is 24.1 Å². The third-order valence-corrected chi connectivity index (χ3v) is 3.34. The average molecular weight is 324 g/mol. The van der Waals surface area contributed by atoms with Crippen molar-refractivity contribution in [3.05, 3.63) is 65.2 Å². The van der Waals surface area contributed by atoms with Gasteiger partial charge >= 0.3 is 6.18 Å². The van der Waals surface area contributed by atoms with Crippen molar-refractivity contribution in [2.75, 3.05) is 5.32 Å². The largest absolute Gasteiger partial charge is 0.416 e. The van der Waals surface area contributed by atoms with Crippen LogP contribution in [0.25, 0.3) is 0 Å². The van der Waals surface area contributed by atoms with Gasteiger partial charge in [-0.2, -0.15) is 13.2 Å². The predicted molar refractivity (Wildman–Crippen MR) is 85.7 cm³/mol. The summed E-state index contributed by atoms with van der Waals surface area (Å²) in [6.07, 6.45) is -4.37. The molecule has 0 bridgehead atoms. The van der Waals surface area contributed by atoms with Crippen LogP contribution in [0, 0.1) is 6.92 Å². The molecule has 0 aliphatic carbocycles. The second kappa shape index (κ2) is 6.79. The zero-order valence-corrected chi connectivity index (χ0v) is 12.7. The first kappa shape index (κ1) is 16.3. The molecule has 0 atom stereocenters. The van der Waals surface area contributed by atoms with Crippen molar-refractivity contribution in [3.8, 4) is 0 Å². The van der Waals surface area contributed by atoms with Crippen LogP contribution in [0.1, 0.15) is 16.7 Å². The molecule has 0 saturated carbocycles. The van der Waals surface area contributed by atoms with E-state index in [0.717, 1.165) is 11.6 Å². The fourth-order valence-electron chi connectivity index (χ4n) is 1.96. The Morgan fingerprint density at radius 3 is 2.41 bits per heavy atom. The minimum atomic E-state index is -4.37. The van der Waals surface area contributed by atoms with Crippen LogP contribution in [0.5, 0.6) is 0 Å². The molecule has 22 heavy (non-hydrogen) atoms. The molecule has 2 aromatic carbocycles. The highest BCUT2D eigenvalue weighted by atomic mass is 32.1. The zero-order chi connectivity index (χ0) is 16.2. The molecule has 2 nitrogen and oxygen atoms in total. The molecule has 0 aliphatic rings.